The van der Waals surface area contributed by atoms with Gasteiger partial charge in [-0.3, -0.25) is 4.90 Å². The maximum Gasteiger partial charge on any atom is 0.390 e. The van der Waals surface area contributed by atoms with E-state index < -0.39 is 18.6 Å². The normalized spacial score (nSPS) is 17.3. The molecule has 1 saturated heterocycles. The first-order valence-corrected chi connectivity index (χ1v) is 6.95. The predicted octanol–water partition coefficient (Wildman–Crippen LogP) is 4.05. The van der Waals surface area contributed by atoms with Crippen LogP contribution in [0.3, 0.4) is 0 Å². The maximum absolute atomic E-state index is 12.9. The van der Waals surface area contributed by atoms with Crippen LogP contribution in [-0.2, 0) is 0 Å². The highest BCUT2D eigenvalue weighted by Gasteiger charge is 2.36. The summed E-state index contributed by atoms with van der Waals surface area (Å²) in [4.78, 5) is 1.95. The van der Waals surface area contributed by atoms with Gasteiger partial charge < -0.3 is 5.32 Å². The molecule has 0 amide bonds. The third-order valence-corrected chi connectivity index (χ3v) is 3.80. The molecule has 0 aliphatic carbocycles. The van der Waals surface area contributed by atoms with E-state index in [-0.39, 0.29) is 24.8 Å². The van der Waals surface area contributed by atoms with Gasteiger partial charge in [-0.1, -0.05) is 23.8 Å². The van der Waals surface area contributed by atoms with Gasteiger partial charge in [0.15, 0.2) is 0 Å². The topological polar surface area (TPSA) is 15.3 Å². The van der Waals surface area contributed by atoms with Crippen LogP contribution in [0, 0.1) is 13.8 Å². The maximum atomic E-state index is 12.9. The summed E-state index contributed by atoms with van der Waals surface area (Å²) in [6, 6.07) is 5.13. The highest BCUT2D eigenvalue weighted by Crippen LogP contribution is 2.35. The number of halogens is 5. The average molecular weight is 359 g/mol. The molecule has 1 aromatic carbocycles. The number of aryl methyl sites for hydroxylation is 2. The molecule has 0 bridgehead atoms. The van der Waals surface area contributed by atoms with Crippen molar-refractivity contribution in [3.63, 3.8) is 0 Å². The largest absolute Gasteiger partial charge is 0.390 e. The Hall–Kier alpha value is -0.490. The van der Waals surface area contributed by atoms with Crippen LogP contribution in [-0.4, -0.2) is 37.3 Å². The third kappa shape index (κ3) is 5.95. The summed E-state index contributed by atoms with van der Waals surface area (Å²) >= 11 is 0. The van der Waals surface area contributed by atoms with Crippen LogP contribution < -0.4 is 5.32 Å². The lowest BCUT2D eigenvalue weighted by Gasteiger charge is -2.36. The molecular weight excluding hydrogens is 336 g/mol. The van der Waals surface area contributed by atoms with Gasteiger partial charge in [-0.2, -0.15) is 13.2 Å². The zero-order valence-electron chi connectivity index (χ0n) is 12.7. The molecule has 0 aromatic heterocycles. The number of rotatable bonds is 3. The summed E-state index contributed by atoms with van der Waals surface area (Å²) < 4.78 is 38.7. The van der Waals surface area contributed by atoms with Crippen LogP contribution in [0.5, 0.6) is 0 Å². The number of piperazine rings is 1. The van der Waals surface area contributed by atoms with E-state index in [0.29, 0.717) is 13.1 Å². The standard InChI is InChI=1S/C15H21F3N2.2ClH/c1-11-3-4-13(12(2)9-11)14(10-15(16,17)18)20-7-5-19-6-8-20;;/h3-4,9,14,19H,5-8,10H2,1-2H3;2*1H/t14-;;/m1../s1. The van der Waals surface area contributed by atoms with E-state index in [2.05, 4.69) is 5.32 Å². The van der Waals surface area contributed by atoms with E-state index in [1.165, 1.54) is 0 Å². The smallest absolute Gasteiger partial charge is 0.314 e. The van der Waals surface area contributed by atoms with Crippen LogP contribution in [0.25, 0.3) is 0 Å². The molecule has 0 radical (unpaired) electrons. The molecule has 7 heteroatoms. The summed E-state index contributed by atoms with van der Waals surface area (Å²) in [6.07, 6.45) is -4.93. The first kappa shape index (κ1) is 21.5. The van der Waals surface area contributed by atoms with Crippen molar-refractivity contribution in [2.45, 2.75) is 32.5 Å². The highest BCUT2D eigenvalue weighted by molar-refractivity contribution is 5.85. The first-order valence-electron chi connectivity index (χ1n) is 6.95. The average Bonchev–Trinajstić information content (AvgIpc) is 2.36. The summed E-state index contributed by atoms with van der Waals surface area (Å²) in [5, 5.41) is 3.18. The van der Waals surface area contributed by atoms with Crippen LogP contribution in [0.4, 0.5) is 13.2 Å². The van der Waals surface area contributed by atoms with Crippen LogP contribution in [0.1, 0.15) is 29.2 Å². The van der Waals surface area contributed by atoms with E-state index in [4.69, 9.17) is 0 Å². The Labute approximate surface area is 142 Å². The second-order valence-corrected chi connectivity index (χ2v) is 5.48. The number of alkyl halides is 3. The van der Waals surface area contributed by atoms with E-state index in [9.17, 15) is 13.2 Å². The zero-order valence-corrected chi connectivity index (χ0v) is 14.4. The zero-order chi connectivity index (χ0) is 14.8. The van der Waals surface area contributed by atoms with Gasteiger partial charge in [0.05, 0.1) is 6.42 Å². The molecule has 1 fully saturated rings. The second-order valence-electron chi connectivity index (χ2n) is 5.48. The summed E-state index contributed by atoms with van der Waals surface area (Å²) in [6.45, 7) is 6.68. The molecule has 1 heterocycles. The van der Waals surface area contributed by atoms with Gasteiger partial charge in [-0.25, -0.2) is 0 Å². The van der Waals surface area contributed by atoms with Crippen LogP contribution >= 0.6 is 24.8 Å². The van der Waals surface area contributed by atoms with Gasteiger partial charge in [-0.15, -0.1) is 24.8 Å². The SMILES string of the molecule is Cc1ccc([C@@H](CC(F)(F)F)N2CCNCC2)c(C)c1.Cl.Cl. The Bertz CT molecular complexity index is 461. The molecule has 0 saturated carbocycles. The lowest BCUT2D eigenvalue weighted by atomic mass is 9.95. The van der Waals surface area contributed by atoms with Gasteiger partial charge in [0.1, 0.15) is 0 Å². The number of nitrogens with one attached hydrogen (secondary N) is 1. The minimum atomic E-state index is -4.15. The number of hydrogen-bond donors (Lipinski definition) is 1. The Morgan fingerprint density at radius 1 is 1.14 bits per heavy atom. The first-order chi connectivity index (χ1) is 9.37. The molecule has 1 aliphatic heterocycles. The minimum absolute atomic E-state index is 0. The summed E-state index contributed by atoms with van der Waals surface area (Å²) in [5.74, 6) is 0. The quantitative estimate of drug-likeness (QED) is 0.876. The molecule has 2 nitrogen and oxygen atoms in total. The van der Waals surface area contributed by atoms with Crippen LogP contribution in [0.2, 0.25) is 0 Å². The molecule has 1 atom stereocenters. The lowest BCUT2D eigenvalue weighted by molar-refractivity contribution is -0.148. The fourth-order valence-electron chi connectivity index (χ4n) is 2.85. The molecule has 128 valence electrons. The van der Waals surface area contributed by atoms with Crippen molar-refractivity contribution < 1.29 is 13.2 Å². The van der Waals surface area contributed by atoms with Crippen molar-refractivity contribution >= 4 is 24.8 Å². The van der Waals surface area contributed by atoms with Crippen molar-refractivity contribution in [3.05, 3.63) is 34.9 Å². The summed E-state index contributed by atoms with van der Waals surface area (Å²) in [7, 11) is 0. The van der Waals surface area contributed by atoms with E-state index in [1.807, 2.05) is 36.9 Å². The van der Waals surface area contributed by atoms with Crippen molar-refractivity contribution in [3.8, 4) is 0 Å². The van der Waals surface area contributed by atoms with Crippen molar-refractivity contribution in [1.82, 2.24) is 10.2 Å². The number of hydrogen-bond acceptors (Lipinski definition) is 2. The second kappa shape index (κ2) is 8.96. The van der Waals surface area contributed by atoms with Crippen molar-refractivity contribution in [2.24, 2.45) is 0 Å². The Morgan fingerprint density at radius 2 is 1.73 bits per heavy atom. The van der Waals surface area contributed by atoms with Gasteiger partial charge >= 0.3 is 6.18 Å². The van der Waals surface area contributed by atoms with Gasteiger partial charge in [0.25, 0.3) is 0 Å². The van der Waals surface area contributed by atoms with Gasteiger partial charge in [-0.05, 0) is 25.0 Å². The molecule has 1 N–H and O–H groups in total. The van der Waals surface area contributed by atoms with Crippen molar-refractivity contribution in [1.29, 1.82) is 0 Å². The molecule has 1 aliphatic rings. The minimum Gasteiger partial charge on any atom is -0.314 e. The molecule has 0 unspecified atom stereocenters. The number of benzene rings is 1. The third-order valence-electron chi connectivity index (χ3n) is 3.80. The molecule has 2 rings (SSSR count). The summed E-state index contributed by atoms with van der Waals surface area (Å²) in [5.41, 5.74) is 2.82. The molecule has 0 spiro atoms. The lowest BCUT2D eigenvalue weighted by Crippen LogP contribution is -2.46. The fourth-order valence-corrected chi connectivity index (χ4v) is 2.85. The molecular formula is C15H23Cl2F3N2. The fraction of sp³-hybridized carbons (Fsp3) is 0.600. The Morgan fingerprint density at radius 3 is 2.23 bits per heavy atom. The Kier molecular flexibility index (Phi) is 8.77. The van der Waals surface area contributed by atoms with Gasteiger partial charge in [0.2, 0.25) is 0 Å². The molecule has 1 aromatic rings. The van der Waals surface area contributed by atoms with Crippen LogP contribution in [0.15, 0.2) is 18.2 Å². The number of nitrogens with zero attached hydrogens (tertiary/aromatic N) is 1. The monoisotopic (exact) mass is 358 g/mol. The van der Waals surface area contributed by atoms with Gasteiger partial charge in [0, 0.05) is 32.2 Å². The van der Waals surface area contributed by atoms with E-state index in [1.54, 1.807) is 0 Å². The highest BCUT2D eigenvalue weighted by atomic mass is 35.5. The van der Waals surface area contributed by atoms with Crippen molar-refractivity contribution in [2.75, 3.05) is 26.2 Å². The molecule has 22 heavy (non-hydrogen) atoms. The van der Waals surface area contributed by atoms with E-state index in [0.717, 1.165) is 29.8 Å². The predicted molar refractivity (Wildman–Crippen MR) is 88.3 cm³/mol. The Balaban J connectivity index is 0.00000220. The van der Waals surface area contributed by atoms with E-state index >= 15 is 0 Å².